The molecule has 1 aromatic carbocycles. The number of alkyl halides is 3. The number of halogens is 3. The Labute approximate surface area is 100 Å². The van der Waals surface area contributed by atoms with Gasteiger partial charge < -0.3 is 5.11 Å². The normalized spacial score (nSPS) is 17.3. The number of aliphatic carboxylic acids is 1. The van der Waals surface area contributed by atoms with Gasteiger partial charge in [0.1, 0.15) is 5.69 Å². The van der Waals surface area contributed by atoms with Gasteiger partial charge in [0.15, 0.2) is 17.4 Å². The van der Waals surface area contributed by atoms with E-state index in [4.69, 9.17) is 5.11 Å². The fraction of sp³-hybridized carbons (Fsp3) is 0.273. The first-order chi connectivity index (χ1) is 8.26. The van der Waals surface area contributed by atoms with Crippen LogP contribution >= 0.6 is 0 Å². The Morgan fingerprint density at radius 1 is 1.39 bits per heavy atom. The number of carboxylic acid groups (broad SMARTS) is 1. The van der Waals surface area contributed by atoms with Crippen LogP contribution in [0.5, 0.6) is 0 Å². The van der Waals surface area contributed by atoms with Gasteiger partial charge in [0.2, 0.25) is 0 Å². The van der Waals surface area contributed by atoms with Crippen LogP contribution < -0.4 is 5.32 Å². The van der Waals surface area contributed by atoms with Crippen LogP contribution in [0.1, 0.15) is 12.5 Å². The van der Waals surface area contributed by atoms with Crippen molar-refractivity contribution in [2.24, 2.45) is 4.99 Å². The lowest BCUT2D eigenvalue weighted by Crippen LogP contribution is -2.74. The number of quaternary nitrogens is 1. The summed E-state index contributed by atoms with van der Waals surface area (Å²) in [5.74, 6) is -1.93. The van der Waals surface area contributed by atoms with E-state index in [9.17, 15) is 18.0 Å². The lowest BCUT2D eigenvalue weighted by atomic mass is 9.81. The molecule has 7 heteroatoms. The van der Waals surface area contributed by atoms with Crippen LogP contribution in [-0.2, 0) is 10.2 Å². The molecule has 1 atom stereocenters. The molecule has 1 aliphatic rings. The fourth-order valence-corrected chi connectivity index (χ4v) is 1.71. The third-order valence-corrected chi connectivity index (χ3v) is 3.07. The van der Waals surface area contributed by atoms with Gasteiger partial charge >= 0.3 is 12.1 Å². The standard InChI is InChI=1S/C11H9F3N2O2/c1-10(9(17)18,11(12,13)14)6-2-3-7-8(4-6)16-5-15-7/h2-5H,1H3,(H,15,16)(H,17,18)/p+1. The lowest BCUT2D eigenvalue weighted by molar-refractivity contribution is -0.427. The van der Waals surface area contributed by atoms with Crippen molar-refractivity contribution in [1.29, 1.82) is 0 Å². The zero-order valence-corrected chi connectivity index (χ0v) is 9.32. The number of carboxylic acids is 1. The summed E-state index contributed by atoms with van der Waals surface area (Å²) in [6.07, 6.45) is -3.42. The Morgan fingerprint density at radius 2 is 2.06 bits per heavy atom. The molecule has 0 radical (unpaired) electrons. The van der Waals surface area contributed by atoms with E-state index < -0.39 is 17.6 Å². The summed E-state index contributed by atoms with van der Waals surface area (Å²) in [6, 6.07) is 3.77. The molecule has 0 spiro atoms. The Bertz CT molecular complexity index is 540. The van der Waals surface area contributed by atoms with Crippen LogP contribution in [0.25, 0.3) is 0 Å². The van der Waals surface area contributed by atoms with E-state index in [1.807, 2.05) is 0 Å². The quantitative estimate of drug-likeness (QED) is 0.789. The minimum atomic E-state index is -4.88. The second kappa shape index (κ2) is 3.81. The minimum Gasteiger partial charge on any atom is -0.480 e. The van der Waals surface area contributed by atoms with Gasteiger partial charge in [0.05, 0.1) is 0 Å². The van der Waals surface area contributed by atoms with Crippen molar-refractivity contribution >= 4 is 23.7 Å². The van der Waals surface area contributed by atoms with Gasteiger partial charge in [0, 0.05) is 6.07 Å². The molecule has 96 valence electrons. The highest BCUT2D eigenvalue weighted by molar-refractivity contribution is 5.83. The van der Waals surface area contributed by atoms with E-state index in [-0.39, 0.29) is 5.56 Å². The molecule has 18 heavy (non-hydrogen) atoms. The highest BCUT2D eigenvalue weighted by Crippen LogP contribution is 2.43. The van der Waals surface area contributed by atoms with Crippen LogP contribution in [0.2, 0.25) is 0 Å². The van der Waals surface area contributed by atoms with Gasteiger partial charge in [-0.2, -0.15) is 18.2 Å². The van der Waals surface area contributed by atoms with Gasteiger partial charge in [-0.05, 0) is 18.6 Å². The predicted molar refractivity (Wildman–Crippen MR) is 57.2 cm³/mol. The molecule has 1 unspecified atom stereocenters. The van der Waals surface area contributed by atoms with Crippen LogP contribution in [0.4, 0.5) is 24.5 Å². The van der Waals surface area contributed by atoms with Crippen molar-refractivity contribution in [2.45, 2.75) is 18.5 Å². The monoisotopic (exact) mass is 259 g/mol. The summed E-state index contributed by atoms with van der Waals surface area (Å²) in [5.41, 5.74) is -2.23. The highest BCUT2D eigenvalue weighted by Gasteiger charge is 2.58. The van der Waals surface area contributed by atoms with Gasteiger partial charge in [-0.25, -0.2) is 0 Å². The smallest absolute Gasteiger partial charge is 0.408 e. The third kappa shape index (κ3) is 1.67. The summed E-state index contributed by atoms with van der Waals surface area (Å²) in [6.45, 7) is 0.652. The maximum Gasteiger partial charge on any atom is 0.408 e. The molecule has 2 rings (SSSR count). The first-order valence-electron chi connectivity index (χ1n) is 5.09. The molecule has 0 fully saturated rings. The molecule has 0 saturated carbocycles. The molecule has 4 nitrogen and oxygen atoms in total. The first kappa shape index (κ1) is 12.6. The van der Waals surface area contributed by atoms with Crippen molar-refractivity contribution < 1.29 is 28.4 Å². The first-order valence-corrected chi connectivity index (χ1v) is 5.09. The van der Waals surface area contributed by atoms with E-state index >= 15 is 0 Å². The molecular weight excluding hydrogens is 249 g/mol. The minimum absolute atomic E-state index is 0.325. The predicted octanol–water partition coefficient (Wildman–Crippen LogP) is 1.46. The topological polar surface area (TPSA) is 66.3 Å². The summed E-state index contributed by atoms with van der Waals surface area (Å²) in [4.78, 5) is 14.9. The molecule has 3 N–H and O–H groups in total. The number of hydrogen-bond donors (Lipinski definition) is 2. The zero-order chi connectivity index (χ0) is 13.6. The molecule has 0 bridgehead atoms. The maximum atomic E-state index is 13.0. The molecule has 1 aliphatic heterocycles. The summed E-state index contributed by atoms with van der Waals surface area (Å²) in [5, 5.41) is 10.5. The Kier molecular flexibility index (Phi) is 2.66. The number of nitrogens with zero attached hydrogens (tertiary/aromatic N) is 1. The molecule has 0 aliphatic carbocycles. The summed E-state index contributed by atoms with van der Waals surface area (Å²) in [7, 11) is 0. The van der Waals surface area contributed by atoms with Crippen LogP contribution in [0.3, 0.4) is 0 Å². The SMILES string of the molecule is CC(C(=O)O)(c1ccc2c(c1)N=C[NH2+]2)C(F)(F)F. The average Bonchev–Trinajstić information content (AvgIpc) is 2.72. The summed E-state index contributed by atoms with van der Waals surface area (Å²) < 4.78 is 38.9. The Hall–Kier alpha value is -1.89. The van der Waals surface area contributed by atoms with Crippen LogP contribution in [0.15, 0.2) is 23.2 Å². The number of benzene rings is 1. The molecule has 0 amide bonds. The number of nitrogens with two attached hydrogens (primary N) is 1. The van der Waals surface area contributed by atoms with Crippen molar-refractivity contribution in [3.8, 4) is 0 Å². The molecule has 0 saturated heterocycles. The Balaban J connectivity index is 2.57. The van der Waals surface area contributed by atoms with Crippen molar-refractivity contribution in [2.75, 3.05) is 0 Å². The largest absolute Gasteiger partial charge is 0.480 e. The summed E-state index contributed by atoms with van der Waals surface area (Å²) >= 11 is 0. The van der Waals surface area contributed by atoms with Crippen molar-refractivity contribution in [1.82, 2.24) is 0 Å². The molecular formula is C11H10F3N2O2+. The highest BCUT2D eigenvalue weighted by atomic mass is 19.4. The fourth-order valence-electron chi connectivity index (χ4n) is 1.71. The number of hydrogen-bond acceptors (Lipinski definition) is 2. The van der Waals surface area contributed by atoms with E-state index in [0.717, 1.165) is 6.07 Å². The van der Waals surface area contributed by atoms with Crippen molar-refractivity contribution in [3.63, 3.8) is 0 Å². The second-order valence-electron chi connectivity index (χ2n) is 4.15. The number of carbonyl (C=O) groups is 1. The van der Waals surface area contributed by atoms with E-state index in [0.29, 0.717) is 18.3 Å². The third-order valence-electron chi connectivity index (χ3n) is 3.07. The van der Waals surface area contributed by atoms with E-state index in [2.05, 4.69) is 4.99 Å². The number of fused-ring (bicyclic) bond motifs is 1. The lowest BCUT2D eigenvalue weighted by Gasteiger charge is -2.28. The maximum absolute atomic E-state index is 13.0. The molecule has 1 aromatic rings. The number of rotatable bonds is 2. The van der Waals surface area contributed by atoms with Gasteiger partial charge in [-0.15, -0.1) is 0 Å². The number of aliphatic imine (C=N–C) groups is 1. The average molecular weight is 259 g/mol. The van der Waals surface area contributed by atoms with Gasteiger partial charge in [0.25, 0.3) is 0 Å². The van der Waals surface area contributed by atoms with Crippen molar-refractivity contribution in [3.05, 3.63) is 23.8 Å². The van der Waals surface area contributed by atoms with Crippen LogP contribution in [-0.4, -0.2) is 23.6 Å². The Morgan fingerprint density at radius 3 is 2.61 bits per heavy atom. The van der Waals surface area contributed by atoms with E-state index in [1.165, 1.54) is 18.5 Å². The molecule has 1 heterocycles. The van der Waals surface area contributed by atoms with E-state index in [1.54, 1.807) is 5.32 Å². The van der Waals surface area contributed by atoms with Gasteiger partial charge in [-0.3, -0.25) is 10.1 Å². The van der Waals surface area contributed by atoms with Gasteiger partial charge in [-0.1, -0.05) is 6.07 Å². The second-order valence-corrected chi connectivity index (χ2v) is 4.15. The molecule has 0 aromatic heterocycles. The van der Waals surface area contributed by atoms with Crippen LogP contribution in [0, 0.1) is 0 Å². The zero-order valence-electron chi connectivity index (χ0n) is 9.32.